The lowest BCUT2D eigenvalue weighted by Gasteiger charge is -2.05. The van der Waals surface area contributed by atoms with Gasteiger partial charge in [0, 0.05) is 11.6 Å². The van der Waals surface area contributed by atoms with Gasteiger partial charge in [-0.05, 0) is 61.9 Å². The minimum Gasteiger partial charge on any atom is -0.462 e. The molecule has 0 aliphatic heterocycles. The molecule has 2 aromatic heterocycles. The number of rotatable bonds is 5. The Balaban J connectivity index is 1.66. The number of allylic oxidation sites excluding steroid dienone is 1. The molecular formula is C24H18ClN3O3. The number of hydrogen-bond acceptors (Lipinski definition) is 5. The molecule has 0 radical (unpaired) electrons. The minimum absolute atomic E-state index is 0.257. The Bertz CT molecular complexity index is 1360. The number of esters is 1. The molecule has 0 amide bonds. The van der Waals surface area contributed by atoms with Gasteiger partial charge in [-0.2, -0.15) is 5.26 Å². The van der Waals surface area contributed by atoms with Crippen molar-refractivity contribution in [3.63, 3.8) is 0 Å². The second kappa shape index (κ2) is 8.50. The van der Waals surface area contributed by atoms with Crippen molar-refractivity contribution in [1.82, 2.24) is 9.97 Å². The van der Waals surface area contributed by atoms with Crippen molar-refractivity contribution in [2.24, 2.45) is 0 Å². The zero-order valence-electron chi connectivity index (χ0n) is 16.9. The first-order chi connectivity index (χ1) is 15.0. The van der Waals surface area contributed by atoms with Crippen LogP contribution in [0.25, 0.3) is 34.0 Å². The number of aromatic amines is 1. The molecule has 0 atom stereocenters. The first kappa shape index (κ1) is 20.5. The van der Waals surface area contributed by atoms with Gasteiger partial charge in [0.2, 0.25) is 0 Å². The number of carbonyl (C=O) groups is 1. The van der Waals surface area contributed by atoms with E-state index in [4.69, 9.17) is 20.8 Å². The molecular weight excluding hydrogens is 414 g/mol. The van der Waals surface area contributed by atoms with E-state index in [2.05, 4.69) is 16.0 Å². The summed E-state index contributed by atoms with van der Waals surface area (Å²) in [6.45, 7) is 3.99. The third kappa shape index (κ3) is 4.23. The van der Waals surface area contributed by atoms with Crippen molar-refractivity contribution in [2.75, 3.05) is 6.61 Å². The maximum absolute atomic E-state index is 12.1. The molecule has 6 nitrogen and oxygen atoms in total. The Hall–Kier alpha value is -3.82. The summed E-state index contributed by atoms with van der Waals surface area (Å²) in [7, 11) is 0. The number of aryl methyl sites for hydroxylation is 1. The molecule has 0 aliphatic rings. The smallest absolute Gasteiger partial charge is 0.339 e. The van der Waals surface area contributed by atoms with Crippen LogP contribution in [0.5, 0.6) is 0 Å². The zero-order chi connectivity index (χ0) is 22.0. The fourth-order valence-corrected chi connectivity index (χ4v) is 3.37. The number of H-pyrrole nitrogens is 1. The SMILES string of the molecule is CCOC(=O)c1cc(-c2ccc(C=C(C#N)c3nc4ccc(C)cc4[nH]3)o2)ccc1Cl. The standard InChI is InChI=1S/C24H18ClN3O3/c1-3-30-24(29)18-12-15(5-7-19(18)25)22-9-6-17(31-22)11-16(13-26)23-27-20-8-4-14(2)10-21(20)28-23/h4-12H,3H2,1-2H3,(H,27,28). The van der Waals surface area contributed by atoms with Crippen molar-refractivity contribution in [3.05, 3.63) is 76.3 Å². The van der Waals surface area contributed by atoms with E-state index in [1.54, 1.807) is 43.3 Å². The molecule has 0 spiro atoms. The lowest BCUT2D eigenvalue weighted by molar-refractivity contribution is 0.0526. The van der Waals surface area contributed by atoms with Crippen LogP contribution < -0.4 is 0 Å². The molecule has 4 aromatic rings. The number of furan rings is 1. The van der Waals surface area contributed by atoms with E-state index < -0.39 is 5.97 Å². The second-order valence-electron chi connectivity index (χ2n) is 6.89. The number of ether oxygens (including phenoxy) is 1. The summed E-state index contributed by atoms with van der Waals surface area (Å²) in [6, 6.07) is 16.5. The molecule has 154 valence electrons. The van der Waals surface area contributed by atoms with Crippen LogP contribution in [-0.4, -0.2) is 22.5 Å². The van der Waals surface area contributed by atoms with Gasteiger partial charge in [0.25, 0.3) is 0 Å². The van der Waals surface area contributed by atoms with E-state index in [-0.39, 0.29) is 12.2 Å². The van der Waals surface area contributed by atoms with Gasteiger partial charge in [-0.1, -0.05) is 17.7 Å². The Labute approximate surface area is 183 Å². The highest BCUT2D eigenvalue weighted by Gasteiger charge is 2.15. The predicted molar refractivity (Wildman–Crippen MR) is 119 cm³/mol. The number of imidazole rings is 1. The Kier molecular flexibility index (Phi) is 5.61. The van der Waals surface area contributed by atoms with Gasteiger partial charge in [0.15, 0.2) is 0 Å². The maximum atomic E-state index is 12.1. The lowest BCUT2D eigenvalue weighted by atomic mass is 10.1. The molecule has 0 aliphatic carbocycles. The van der Waals surface area contributed by atoms with Gasteiger partial charge in [0.1, 0.15) is 23.4 Å². The van der Waals surface area contributed by atoms with Gasteiger partial charge in [-0.25, -0.2) is 9.78 Å². The van der Waals surface area contributed by atoms with Gasteiger partial charge in [-0.3, -0.25) is 0 Å². The van der Waals surface area contributed by atoms with Crippen LogP contribution in [0.15, 0.2) is 52.9 Å². The first-order valence-electron chi connectivity index (χ1n) is 9.64. The third-order valence-corrected chi connectivity index (χ3v) is 5.00. The zero-order valence-corrected chi connectivity index (χ0v) is 17.7. The highest BCUT2D eigenvalue weighted by atomic mass is 35.5. The van der Waals surface area contributed by atoms with E-state index in [0.29, 0.717) is 33.5 Å². The highest BCUT2D eigenvalue weighted by molar-refractivity contribution is 6.33. The van der Waals surface area contributed by atoms with Crippen LogP contribution in [0.1, 0.15) is 34.4 Å². The minimum atomic E-state index is -0.493. The quantitative estimate of drug-likeness (QED) is 0.308. The second-order valence-corrected chi connectivity index (χ2v) is 7.30. The Morgan fingerprint density at radius 3 is 2.87 bits per heavy atom. The summed E-state index contributed by atoms with van der Waals surface area (Å²) >= 11 is 6.13. The van der Waals surface area contributed by atoms with Crippen molar-refractivity contribution in [1.29, 1.82) is 5.26 Å². The number of hydrogen-bond donors (Lipinski definition) is 1. The summed E-state index contributed by atoms with van der Waals surface area (Å²) in [5.74, 6) is 0.992. The number of benzene rings is 2. The summed E-state index contributed by atoms with van der Waals surface area (Å²) in [5.41, 5.74) is 4.04. The molecule has 2 heterocycles. The Morgan fingerprint density at radius 2 is 2.10 bits per heavy atom. The van der Waals surface area contributed by atoms with E-state index in [1.807, 2.05) is 25.1 Å². The number of carbonyl (C=O) groups excluding carboxylic acids is 1. The number of nitrogens with zero attached hydrogens (tertiary/aromatic N) is 2. The number of halogens is 1. The lowest BCUT2D eigenvalue weighted by Crippen LogP contribution is -2.05. The van der Waals surface area contributed by atoms with E-state index >= 15 is 0 Å². The van der Waals surface area contributed by atoms with Crippen LogP contribution >= 0.6 is 11.6 Å². The molecule has 0 saturated heterocycles. The van der Waals surface area contributed by atoms with Gasteiger partial charge < -0.3 is 14.1 Å². The van der Waals surface area contributed by atoms with Crippen molar-refractivity contribution < 1.29 is 13.9 Å². The van der Waals surface area contributed by atoms with E-state index in [1.165, 1.54) is 0 Å². The molecule has 0 unspecified atom stereocenters. The van der Waals surface area contributed by atoms with Gasteiger partial charge in [0.05, 0.1) is 33.8 Å². The van der Waals surface area contributed by atoms with Crippen LogP contribution in [0.4, 0.5) is 0 Å². The largest absolute Gasteiger partial charge is 0.462 e. The van der Waals surface area contributed by atoms with Crippen molar-refractivity contribution >= 4 is 40.3 Å². The monoisotopic (exact) mass is 431 g/mol. The van der Waals surface area contributed by atoms with Crippen LogP contribution in [0.2, 0.25) is 5.02 Å². The molecule has 7 heteroatoms. The fraction of sp³-hybridized carbons (Fsp3) is 0.125. The summed E-state index contributed by atoms with van der Waals surface area (Å²) in [5, 5.41) is 9.94. The number of fused-ring (bicyclic) bond motifs is 1. The van der Waals surface area contributed by atoms with Gasteiger partial charge >= 0.3 is 5.97 Å². The van der Waals surface area contributed by atoms with Crippen LogP contribution in [0.3, 0.4) is 0 Å². The predicted octanol–water partition coefficient (Wildman–Crippen LogP) is 6.03. The summed E-state index contributed by atoms with van der Waals surface area (Å²) < 4.78 is 10.9. The average molecular weight is 432 g/mol. The topological polar surface area (TPSA) is 91.9 Å². The average Bonchev–Trinajstić information content (AvgIpc) is 3.39. The third-order valence-electron chi connectivity index (χ3n) is 4.67. The molecule has 31 heavy (non-hydrogen) atoms. The molecule has 1 N–H and O–H groups in total. The van der Waals surface area contributed by atoms with Crippen LogP contribution in [-0.2, 0) is 4.74 Å². The van der Waals surface area contributed by atoms with E-state index in [9.17, 15) is 10.1 Å². The van der Waals surface area contributed by atoms with Crippen molar-refractivity contribution in [2.45, 2.75) is 13.8 Å². The summed E-state index contributed by atoms with van der Waals surface area (Å²) in [6.07, 6.45) is 1.62. The summed E-state index contributed by atoms with van der Waals surface area (Å²) in [4.78, 5) is 19.8. The fourth-order valence-electron chi connectivity index (χ4n) is 3.18. The molecule has 2 aromatic carbocycles. The highest BCUT2D eigenvalue weighted by Crippen LogP contribution is 2.29. The first-order valence-corrected chi connectivity index (χ1v) is 10.0. The number of nitrogens with one attached hydrogen (secondary N) is 1. The molecule has 0 bridgehead atoms. The molecule has 0 saturated carbocycles. The molecule has 0 fully saturated rings. The number of aromatic nitrogens is 2. The van der Waals surface area contributed by atoms with Crippen molar-refractivity contribution in [3.8, 4) is 17.4 Å². The normalized spacial score (nSPS) is 11.5. The van der Waals surface area contributed by atoms with E-state index in [0.717, 1.165) is 16.6 Å². The van der Waals surface area contributed by atoms with Gasteiger partial charge in [-0.15, -0.1) is 0 Å². The van der Waals surface area contributed by atoms with Crippen LogP contribution in [0, 0.1) is 18.3 Å². The molecule has 4 rings (SSSR count). The maximum Gasteiger partial charge on any atom is 0.339 e. The Morgan fingerprint density at radius 1 is 1.26 bits per heavy atom. The number of nitriles is 1.